The molecule has 2 heterocycles. The summed E-state index contributed by atoms with van der Waals surface area (Å²) < 4.78 is 0. The van der Waals surface area contributed by atoms with E-state index in [9.17, 15) is 9.59 Å². The molecule has 2 unspecified atom stereocenters. The molecular weight excluding hydrogens is 240 g/mol. The van der Waals surface area contributed by atoms with Gasteiger partial charge in [-0.3, -0.25) is 10.0 Å². The maximum Gasteiger partial charge on any atom is 0.328 e. The predicted octanol–water partition coefficient (Wildman–Crippen LogP) is 0.367. The third kappa shape index (κ3) is 2.52. The largest absolute Gasteiger partial charge is 0.480 e. The van der Waals surface area contributed by atoms with Crippen molar-refractivity contribution in [2.45, 2.75) is 37.8 Å². The maximum atomic E-state index is 10.9. The first-order valence-electron chi connectivity index (χ1n) is 6.00. The Bertz CT molecular complexity index is 339. The molecule has 2 fully saturated rings. The van der Waals surface area contributed by atoms with E-state index in [-0.39, 0.29) is 0 Å². The monoisotopic (exact) mass is 256 g/mol. The minimum Gasteiger partial charge on any atom is -0.480 e. The molecule has 2 atom stereocenters. The van der Waals surface area contributed by atoms with E-state index in [0.29, 0.717) is 25.9 Å². The van der Waals surface area contributed by atoms with Gasteiger partial charge >= 0.3 is 11.9 Å². The Labute approximate surface area is 104 Å². The van der Waals surface area contributed by atoms with Crippen LogP contribution in [0.5, 0.6) is 0 Å². The van der Waals surface area contributed by atoms with E-state index >= 15 is 0 Å². The maximum absolute atomic E-state index is 10.9. The number of hydrogen-bond donors (Lipinski definition) is 2. The molecule has 0 saturated carbocycles. The van der Waals surface area contributed by atoms with E-state index in [4.69, 9.17) is 10.2 Å². The van der Waals surface area contributed by atoms with E-state index < -0.39 is 24.0 Å². The Hall–Kier alpha value is -1.86. The van der Waals surface area contributed by atoms with Crippen molar-refractivity contribution in [1.29, 1.82) is 0 Å². The van der Waals surface area contributed by atoms with Crippen LogP contribution in [-0.2, 0) is 9.59 Å². The highest BCUT2D eigenvalue weighted by molar-refractivity contribution is 5.74. The van der Waals surface area contributed by atoms with Crippen molar-refractivity contribution in [3.05, 3.63) is 0 Å². The van der Waals surface area contributed by atoms with Gasteiger partial charge in [-0.25, -0.2) is 9.59 Å². The lowest BCUT2D eigenvalue weighted by atomic mass is 10.2. The molecule has 0 amide bonds. The summed E-state index contributed by atoms with van der Waals surface area (Å²) in [5, 5.41) is 28.5. The Morgan fingerprint density at radius 2 is 1.28 bits per heavy atom. The van der Waals surface area contributed by atoms with Crippen molar-refractivity contribution in [3.8, 4) is 0 Å². The zero-order valence-electron chi connectivity index (χ0n) is 9.90. The van der Waals surface area contributed by atoms with Gasteiger partial charge in [0.25, 0.3) is 0 Å². The molecule has 0 aromatic carbocycles. The van der Waals surface area contributed by atoms with Gasteiger partial charge in [0, 0.05) is 13.1 Å². The molecule has 18 heavy (non-hydrogen) atoms. The Kier molecular flexibility index (Phi) is 3.63. The standard InChI is InChI=1S/C10H16N4O4/c15-9(16)7-3-1-5-13(7)11-12-14-6-2-4-8(14)10(17)18/h7-8H,1-6H2,(H,15,16)(H,17,18)/b12-11+. The summed E-state index contributed by atoms with van der Waals surface area (Å²) in [6.45, 7) is 1.10. The van der Waals surface area contributed by atoms with Gasteiger partial charge in [0.2, 0.25) is 0 Å². The van der Waals surface area contributed by atoms with Crippen molar-refractivity contribution in [2.24, 2.45) is 10.4 Å². The molecule has 8 heteroatoms. The zero-order valence-corrected chi connectivity index (χ0v) is 9.90. The SMILES string of the molecule is O=C(O)C1CCCN1/N=N/N1CCCC1C(=O)O. The minimum atomic E-state index is -0.914. The summed E-state index contributed by atoms with van der Waals surface area (Å²) in [7, 11) is 0. The highest BCUT2D eigenvalue weighted by Crippen LogP contribution is 2.21. The molecular formula is C10H16N4O4. The second kappa shape index (κ2) is 5.19. The zero-order chi connectivity index (χ0) is 13.1. The Balaban J connectivity index is 1.98. The first kappa shape index (κ1) is 12.6. The Morgan fingerprint density at radius 1 is 0.889 bits per heavy atom. The lowest BCUT2D eigenvalue weighted by molar-refractivity contribution is -0.144. The fourth-order valence-electron chi connectivity index (χ4n) is 2.32. The normalized spacial score (nSPS) is 28.2. The summed E-state index contributed by atoms with van der Waals surface area (Å²) in [6, 6.07) is -1.28. The number of nitrogens with zero attached hydrogens (tertiary/aromatic N) is 4. The molecule has 0 spiro atoms. The summed E-state index contributed by atoms with van der Waals surface area (Å²) >= 11 is 0. The number of carboxylic acids is 2. The van der Waals surface area contributed by atoms with E-state index in [1.54, 1.807) is 0 Å². The second-order valence-electron chi connectivity index (χ2n) is 4.50. The van der Waals surface area contributed by atoms with Gasteiger partial charge in [0.15, 0.2) is 0 Å². The van der Waals surface area contributed by atoms with E-state index in [1.807, 2.05) is 0 Å². The number of carboxylic acid groups (broad SMARTS) is 2. The van der Waals surface area contributed by atoms with Crippen molar-refractivity contribution in [2.75, 3.05) is 13.1 Å². The number of hydrogen-bond acceptors (Lipinski definition) is 4. The van der Waals surface area contributed by atoms with Gasteiger partial charge in [-0.05, 0) is 25.7 Å². The van der Waals surface area contributed by atoms with Crippen molar-refractivity contribution < 1.29 is 19.8 Å². The minimum absolute atomic E-state index is 0.548. The predicted molar refractivity (Wildman–Crippen MR) is 59.6 cm³/mol. The molecule has 2 rings (SSSR count). The molecule has 2 aliphatic heterocycles. The van der Waals surface area contributed by atoms with Crippen LogP contribution in [0.3, 0.4) is 0 Å². The lowest BCUT2D eigenvalue weighted by Crippen LogP contribution is -2.34. The van der Waals surface area contributed by atoms with Gasteiger partial charge in [-0.15, -0.1) is 0 Å². The molecule has 2 saturated heterocycles. The van der Waals surface area contributed by atoms with E-state index in [1.165, 1.54) is 10.0 Å². The van der Waals surface area contributed by atoms with Crippen LogP contribution in [0.15, 0.2) is 10.4 Å². The number of aliphatic carboxylic acids is 2. The van der Waals surface area contributed by atoms with Crippen LogP contribution < -0.4 is 0 Å². The molecule has 0 aliphatic carbocycles. The van der Waals surface area contributed by atoms with Crippen LogP contribution in [0, 0.1) is 0 Å². The van der Waals surface area contributed by atoms with Crippen LogP contribution >= 0.6 is 0 Å². The smallest absolute Gasteiger partial charge is 0.328 e. The van der Waals surface area contributed by atoms with Gasteiger partial charge in [-0.2, -0.15) is 0 Å². The highest BCUT2D eigenvalue weighted by Gasteiger charge is 2.32. The molecule has 0 aromatic rings. The van der Waals surface area contributed by atoms with Gasteiger partial charge < -0.3 is 10.2 Å². The van der Waals surface area contributed by atoms with Crippen LogP contribution in [0.25, 0.3) is 0 Å². The summed E-state index contributed by atoms with van der Waals surface area (Å²) in [5.74, 6) is -1.83. The van der Waals surface area contributed by atoms with E-state index in [2.05, 4.69) is 10.4 Å². The van der Waals surface area contributed by atoms with Crippen LogP contribution in [0.2, 0.25) is 0 Å². The topological polar surface area (TPSA) is 106 Å². The van der Waals surface area contributed by atoms with Crippen molar-refractivity contribution in [1.82, 2.24) is 10.0 Å². The van der Waals surface area contributed by atoms with Crippen LogP contribution in [0.4, 0.5) is 0 Å². The summed E-state index contributed by atoms with van der Waals surface area (Å²) in [5.41, 5.74) is 0. The number of carbonyl (C=O) groups is 2. The third-order valence-electron chi connectivity index (χ3n) is 3.29. The highest BCUT2D eigenvalue weighted by atomic mass is 16.4. The van der Waals surface area contributed by atoms with E-state index in [0.717, 1.165) is 12.8 Å². The molecule has 0 bridgehead atoms. The van der Waals surface area contributed by atoms with Gasteiger partial charge in [0.1, 0.15) is 12.1 Å². The number of rotatable bonds is 4. The second-order valence-corrected chi connectivity index (χ2v) is 4.50. The fourth-order valence-corrected chi connectivity index (χ4v) is 2.32. The molecule has 2 aliphatic rings. The molecule has 0 aromatic heterocycles. The molecule has 8 nitrogen and oxygen atoms in total. The molecule has 0 radical (unpaired) electrons. The summed E-state index contributed by atoms with van der Waals surface area (Å²) in [6.07, 6.45) is 2.63. The van der Waals surface area contributed by atoms with Crippen molar-refractivity contribution >= 4 is 11.9 Å². The average molecular weight is 256 g/mol. The average Bonchev–Trinajstić information content (AvgIpc) is 2.94. The van der Waals surface area contributed by atoms with Crippen LogP contribution in [-0.4, -0.2) is 57.3 Å². The third-order valence-corrected chi connectivity index (χ3v) is 3.29. The van der Waals surface area contributed by atoms with Crippen molar-refractivity contribution in [3.63, 3.8) is 0 Å². The van der Waals surface area contributed by atoms with Gasteiger partial charge in [-0.1, -0.05) is 10.4 Å². The quantitative estimate of drug-likeness (QED) is 0.704. The first-order valence-corrected chi connectivity index (χ1v) is 6.00. The van der Waals surface area contributed by atoms with Crippen LogP contribution in [0.1, 0.15) is 25.7 Å². The Morgan fingerprint density at radius 3 is 1.61 bits per heavy atom. The lowest BCUT2D eigenvalue weighted by Gasteiger charge is -2.19. The molecule has 100 valence electrons. The first-order chi connectivity index (χ1) is 8.59. The molecule has 2 N–H and O–H groups in total. The van der Waals surface area contributed by atoms with Gasteiger partial charge in [0.05, 0.1) is 0 Å². The fraction of sp³-hybridized carbons (Fsp3) is 0.800. The summed E-state index contributed by atoms with van der Waals surface area (Å²) in [4.78, 5) is 21.9.